The fourth-order valence-corrected chi connectivity index (χ4v) is 1.43. The van der Waals surface area contributed by atoms with Crippen LogP contribution in [0.5, 0.6) is 0 Å². The van der Waals surface area contributed by atoms with Crippen LogP contribution in [0.25, 0.3) is 0 Å². The predicted molar refractivity (Wildman–Crippen MR) is 45.7 cm³/mol. The molecule has 4 nitrogen and oxygen atoms in total. The second-order valence-electron chi connectivity index (χ2n) is 2.88. The SMILES string of the molecule is CC(N)C(C)N(C)S(C)(=O)=O. The molecule has 0 aliphatic rings. The second-order valence-corrected chi connectivity index (χ2v) is 4.92. The van der Waals surface area contributed by atoms with Crippen molar-refractivity contribution in [3.05, 3.63) is 0 Å². The van der Waals surface area contributed by atoms with Crippen molar-refractivity contribution in [2.75, 3.05) is 13.3 Å². The molecule has 11 heavy (non-hydrogen) atoms. The molecule has 0 aromatic rings. The summed E-state index contributed by atoms with van der Waals surface area (Å²) < 4.78 is 23.2. The van der Waals surface area contributed by atoms with Gasteiger partial charge in [-0.1, -0.05) is 0 Å². The van der Waals surface area contributed by atoms with Gasteiger partial charge in [0.05, 0.1) is 6.26 Å². The maximum Gasteiger partial charge on any atom is 0.211 e. The van der Waals surface area contributed by atoms with Crippen LogP contribution in [0.1, 0.15) is 13.8 Å². The summed E-state index contributed by atoms with van der Waals surface area (Å²) in [4.78, 5) is 0. The predicted octanol–water partition coefficient (Wildman–Crippen LogP) is -0.386. The van der Waals surface area contributed by atoms with Gasteiger partial charge >= 0.3 is 0 Å². The molecule has 0 saturated carbocycles. The first kappa shape index (κ1) is 10.9. The maximum atomic E-state index is 10.9. The van der Waals surface area contributed by atoms with Crippen LogP contribution in [-0.2, 0) is 10.0 Å². The summed E-state index contributed by atoms with van der Waals surface area (Å²) in [5.41, 5.74) is 5.53. The van der Waals surface area contributed by atoms with Crippen molar-refractivity contribution in [1.82, 2.24) is 4.31 Å². The van der Waals surface area contributed by atoms with E-state index in [1.54, 1.807) is 13.8 Å². The minimum absolute atomic E-state index is 0.144. The van der Waals surface area contributed by atoms with Crippen LogP contribution >= 0.6 is 0 Å². The van der Waals surface area contributed by atoms with Crippen molar-refractivity contribution in [2.45, 2.75) is 25.9 Å². The Balaban J connectivity index is 4.38. The van der Waals surface area contributed by atoms with E-state index in [1.807, 2.05) is 0 Å². The van der Waals surface area contributed by atoms with Crippen LogP contribution in [0, 0.1) is 0 Å². The Kier molecular flexibility index (Phi) is 3.47. The van der Waals surface area contributed by atoms with E-state index < -0.39 is 10.0 Å². The van der Waals surface area contributed by atoms with Gasteiger partial charge in [-0.3, -0.25) is 0 Å². The highest BCUT2D eigenvalue weighted by molar-refractivity contribution is 7.88. The molecule has 0 aromatic carbocycles. The van der Waals surface area contributed by atoms with E-state index >= 15 is 0 Å². The maximum absolute atomic E-state index is 10.9. The van der Waals surface area contributed by atoms with Gasteiger partial charge in [-0.25, -0.2) is 12.7 Å². The molecule has 2 N–H and O–H groups in total. The summed E-state index contributed by atoms with van der Waals surface area (Å²) in [6, 6.07) is -0.292. The van der Waals surface area contributed by atoms with Crippen molar-refractivity contribution >= 4 is 10.0 Å². The minimum Gasteiger partial charge on any atom is -0.327 e. The van der Waals surface area contributed by atoms with E-state index in [0.717, 1.165) is 0 Å². The van der Waals surface area contributed by atoms with Crippen molar-refractivity contribution < 1.29 is 8.42 Å². The van der Waals surface area contributed by atoms with Crippen molar-refractivity contribution in [3.63, 3.8) is 0 Å². The molecule has 5 heteroatoms. The first-order valence-electron chi connectivity index (χ1n) is 3.45. The molecule has 0 aliphatic heterocycles. The summed E-state index contributed by atoms with van der Waals surface area (Å²) in [5, 5.41) is 0. The van der Waals surface area contributed by atoms with E-state index in [-0.39, 0.29) is 12.1 Å². The molecule has 0 amide bonds. The molecule has 0 saturated heterocycles. The molecule has 0 spiro atoms. The van der Waals surface area contributed by atoms with Gasteiger partial charge in [0.2, 0.25) is 10.0 Å². The molecule has 0 aromatic heterocycles. The van der Waals surface area contributed by atoms with Crippen molar-refractivity contribution in [3.8, 4) is 0 Å². The lowest BCUT2D eigenvalue weighted by molar-refractivity contribution is 0.353. The average Bonchev–Trinajstić information content (AvgIpc) is 1.82. The van der Waals surface area contributed by atoms with Crippen LogP contribution in [0.3, 0.4) is 0 Å². The standard InChI is InChI=1S/C6H16N2O2S/c1-5(7)6(2)8(3)11(4,9)10/h5-6H,7H2,1-4H3. The second kappa shape index (κ2) is 3.51. The third kappa shape index (κ3) is 3.18. The third-order valence-electron chi connectivity index (χ3n) is 1.86. The van der Waals surface area contributed by atoms with Crippen molar-refractivity contribution in [2.24, 2.45) is 5.73 Å². The number of nitrogens with two attached hydrogens (primary N) is 1. The number of hydrogen-bond donors (Lipinski definition) is 1. The average molecular weight is 180 g/mol. The third-order valence-corrected chi connectivity index (χ3v) is 3.24. The molecule has 0 rings (SSSR count). The Morgan fingerprint density at radius 1 is 1.36 bits per heavy atom. The summed E-state index contributed by atoms with van der Waals surface area (Å²) in [5.74, 6) is 0. The van der Waals surface area contributed by atoms with Gasteiger partial charge in [-0.15, -0.1) is 0 Å². The summed E-state index contributed by atoms with van der Waals surface area (Å²) in [6.07, 6.45) is 1.17. The molecule has 0 heterocycles. The first-order valence-corrected chi connectivity index (χ1v) is 5.30. The Labute approximate surface area is 68.4 Å². The Hall–Kier alpha value is -0.130. The Bertz CT molecular complexity index is 211. The van der Waals surface area contributed by atoms with E-state index in [4.69, 9.17) is 5.73 Å². The molecule has 0 aliphatic carbocycles. The van der Waals surface area contributed by atoms with Gasteiger partial charge in [0, 0.05) is 19.1 Å². The van der Waals surface area contributed by atoms with Gasteiger partial charge < -0.3 is 5.73 Å². The zero-order chi connectivity index (χ0) is 9.23. The fourth-order valence-electron chi connectivity index (χ4n) is 0.633. The van der Waals surface area contributed by atoms with Crippen LogP contribution in [0.2, 0.25) is 0 Å². The van der Waals surface area contributed by atoms with Gasteiger partial charge in [-0.05, 0) is 13.8 Å². The Morgan fingerprint density at radius 3 is 1.82 bits per heavy atom. The normalized spacial score (nSPS) is 18.4. The number of hydrogen-bond acceptors (Lipinski definition) is 3. The highest BCUT2D eigenvalue weighted by Gasteiger charge is 2.20. The van der Waals surface area contributed by atoms with Crippen LogP contribution in [0.4, 0.5) is 0 Å². The van der Waals surface area contributed by atoms with Crippen LogP contribution < -0.4 is 5.73 Å². The van der Waals surface area contributed by atoms with Crippen molar-refractivity contribution in [1.29, 1.82) is 0 Å². The molecular formula is C6H16N2O2S. The zero-order valence-electron chi connectivity index (χ0n) is 7.40. The van der Waals surface area contributed by atoms with Crippen LogP contribution in [-0.4, -0.2) is 38.1 Å². The van der Waals surface area contributed by atoms with E-state index in [2.05, 4.69) is 0 Å². The highest BCUT2D eigenvalue weighted by atomic mass is 32.2. The lowest BCUT2D eigenvalue weighted by Gasteiger charge is -2.25. The minimum atomic E-state index is -3.09. The first-order chi connectivity index (χ1) is 4.76. The van der Waals surface area contributed by atoms with Crippen LogP contribution in [0.15, 0.2) is 0 Å². The molecule has 2 atom stereocenters. The molecular weight excluding hydrogens is 164 g/mol. The lowest BCUT2D eigenvalue weighted by atomic mass is 10.2. The summed E-state index contributed by atoms with van der Waals surface area (Å²) in [6.45, 7) is 3.57. The topological polar surface area (TPSA) is 63.4 Å². The van der Waals surface area contributed by atoms with Gasteiger partial charge in [0.25, 0.3) is 0 Å². The summed E-state index contributed by atoms with van der Waals surface area (Å²) in [7, 11) is -1.56. The molecule has 0 bridgehead atoms. The number of sulfonamides is 1. The van der Waals surface area contributed by atoms with E-state index in [9.17, 15) is 8.42 Å². The number of likely N-dealkylation sites (N-methyl/N-ethyl adjacent to an activating group) is 1. The molecule has 68 valence electrons. The Morgan fingerprint density at radius 2 is 1.73 bits per heavy atom. The lowest BCUT2D eigenvalue weighted by Crippen LogP contribution is -2.44. The molecule has 0 radical (unpaired) electrons. The zero-order valence-corrected chi connectivity index (χ0v) is 8.22. The molecule has 0 fully saturated rings. The number of nitrogens with zero attached hydrogens (tertiary/aromatic N) is 1. The fraction of sp³-hybridized carbons (Fsp3) is 1.00. The molecule has 2 unspecified atom stereocenters. The largest absolute Gasteiger partial charge is 0.327 e. The van der Waals surface area contributed by atoms with Gasteiger partial charge in [-0.2, -0.15) is 0 Å². The smallest absolute Gasteiger partial charge is 0.211 e. The quantitative estimate of drug-likeness (QED) is 0.643. The van der Waals surface area contributed by atoms with E-state index in [1.165, 1.54) is 17.6 Å². The number of rotatable bonds is 3. The highest BCUT2D eigenvalue weighted by Crippen LogP contribution is 2.03. The van der Waals surface area contributed by atoms with E-state index in [0.29, 0.717) is 0 Å². The van der Waals surface area contributed by atoms with Gasteiger partial charge in [0.1, 0.15) is 0 Å². The summed E-state index contributed by atoms with van der Waals surface area (Å²) >= 11 is 0. The van der Waals surface area contributed by atoms with Gasteiger partial charge in [0.15, 0.2) is 0 Å². The monoisotopic (exact) mass is 180 g/mol.